The molecule has 4 N–H and O–H groups in total. The number of β-amino-alcohol motifs (C(OH)–C–C–N with tert-alkyl or cyclic N) is 4. The van der Waals surface area contributed by atoms with E-state index in [1.165, 1.54) is 0 Å². The Kier molecular flexibility index (Phi) is 12.6. The molecule has 12 heteroatoms. The Hall–Kier alpha value is -0.480. The summed E-state index contributed by atoms with van der Waals surface area (Å²) in [6.07, 6.45) is -2.43. The van der Waals surface area contributed by atoms with E-state index in [1.54, 1.807) is 0 Å². The fraction of sp³-hybridized carbons (Fsp3) is 1.00. The second kappa shape index (κ2) is 15.5. The highest BCUT2D eigenvalue weighted by molar-refractivity contribution is 4.89. The van der Waals surface area contributed by atoms with E-state index in [0.717, 1.165) is 26.2 Å². The second-order valence-corrected chi connectivity index (χ2v) is 13.4. The van der Waals surface area contributed by atoms with Crippen LogP contribution in [-0.2, 0) is 18.9 Å². The van der Waals surface area contributed by atoms with E-state index in [2.05, 4.69) is 47.3 Å². The quantitative estimate of drug-likeness (QED) is 0.0960. The summed E-state index contributed by atoms with van der Waals surface area (Å²) in [6.45, 7) is 16.3. The zero-order valence-electron chi connectivity index (χ0n) is 25.6. The lowest BCUT2D eigenvalue weighted by Gasteiger charge is -2.34. The molecule has 0 aromatic rings. The maximum atomic E-state index is 10.5. The summed E-state index contributed by atoms with van der Waals surface area (Å²) in [7, 11) is 0. The highest BCUT2D eigenvalue weighted by atomic mass is 16.5. The van der Waals surface area contributed by atoms with E-state index in [4.69, 9.17) is 18.9 Å². The van der Waals surface area contributed by atoms with Gasteiger partial charge in [0.25, 0.3) is 0 Å². The molecule has 4 aliphatic rings. The standard InChI is InChI=1S/C29H56N4O8/c1-21-5-30(21)9-25(34)13-38-17-29(18-39-14-26(35)10-31-6-22(31)2,19-40-15-27(36)11-32-7-23(32)3)20-41-16-28(37)12-33-8-24(33)4/h21-28,34-37H,5-20H2,1-4H3. The maximum absolute atomic E-state index is 10.5. The van der Waals surface area contributed by atoms with Crippen LogP contribution in [0.4, 0.5) is 0 Å². The highest BCUT2D eigenvalue weighted by Gasteiger charge is 2.37. The summed E-state index contributed by atoms with van der Waals surface area (Å²) < 4.78 is 24.1. The Labute approximate surface area is 246 Å². The number of ether oxygens (including phenoxy) is 4. The fourth-order valence-electron chi connectivity index (χ4n) is 5.38. The molecule has 12 unspecified atom stereocenters. The smallest absolute Gasteiger partial charge is 0.0900 e. The third kappa shape index (κ3) is 12.2. The van der Waals surface area contributed by atoms with Crippen molar-refractivity contribution in [1.29, 1.82) is 0 Å². The fourth-order valence-corrected chi connectivity index (χ4v) is 5.38. The molecule has 0 amide bonds. The van der Waals surface area contributed by atoms with Gasteiger partial charge >= 0.3 is 0 Å². The number of hydrogen-bond acceptors (Lipinski definition) is 12. The molecule has 4 rings (SSSR count). The predicted molar refractivity (Wildman–Crippen MR) is 154 cm³/mol. The molecule has 0 aromatic carbocycles. The second-order valence-electron chi connectivity index (χ2n) is 13.4. The summed E-state index contributed by atoms with van der Waals surface area (Å²) >= 11 is 0. The number of aliphatic hydroxyl groups excluding tert-OH is 4. The molecular weight excluding hydrogens is 532 g/mol. The molecule has 4 heterocycles. The molecule has 0 spiro atoms. The summed E-state index contributed by atoms with van der Waals surface area (Å²) in [5.41, 5.74) is -0.750. The lowest BCUT2D eigenvalue weighted by atomic mass is 9.92. The summed E-state index contributed by atoms with van der Waals surface area (Å²) in [5.74, 6) is 0. The normalized spacial score (nSPS) is 36.3. The van der Waals surface area contributed by atoms with Crippen molar-refractivity contribution in [1.82, 2.24) is 19.6 Å². The molecule has 0 radical (unpaired) electrons. The van der Waals surface area contributed by atoms with Gasteiger partial charge in [0.1, 0.15) is 0 Å². The van der Waals surface area contributed by atoms with Crippen molar-refractivity contribution < 1.29 is 39.4 Å². The SMILES string of the molecule is CC1CN1CC(O)COCC(COCC(O)CN1CC1C)(COCC(O)CN1CC1C)COCC(O)CN1CC1C. The van der Waals surface area contributed by atoms with Crippen LogP contribution >= 0.6 is 0 Å². The van der Waals surface area contributed by atoms with Crippen LogP contribution in [-0.4, -0.2) is 194 Å². The average Bonchev–Trinajstić information content (AvgIpc) is 3.82. The van der Waals surface area contributed by atoms with Crippen LogP contribution in [0.5, 0.6) is 0 Å². The molecule has 12 atom stereocenters. The van der Waals surface area contributed by atoms with Crippen LogP contribution in [0, 0.1) is 5.41 Å². The van der Waals surface area contributed by atoms with Gasteiger partial charge in [-0.1, -0.05) is 0 Å². The number of hydrogen-bond donors (Lipinski definition) is 4. The van der Waals surface area contributed by atoms with Crippen molar-refractivity contribution in [3.05, 3.63) is 0 Å². The first-order valence-corrected chi connectivity index (χ1v) is 15.5. The summed E-state index contributed by atoms with van der Waals surface area (Å²) in [4.78, 5) is 8.74. The van der Waals surface area contributed by atoms with E-state index in [0.29, 0.717) is 50.3 Å². The van der Waals surface area contributed by atoms with Crippen molar-refractivity contribution in [3.8, 4) is 0 Å². The molecule has 0 aliphatic carbocycles. The van der Waals surface area contributed by atoms with Crippen molar-refractivity contribution in [3.63, 3.8) is 0 Å². The molecule has 4 saturated heterocycles. The zero-order valence-corrected chi connectivity index (χ0v) is 25.6. The number of rotatable bonds is 24. The Balaban J connectivity index is 1.30. The average molecular weight is 589 g/mol. The van der Waals surface area contributed by atoms with E-state index >= 15 is 0 Å². The van der Waals surface area contributed by atoms with Gasteiger partial charge in [0.05, 0.1) is 82.7 Å². The van der Waals surface area contributed by atoms with Crippen LogP contribution in [0.3, 0.4) is 0 Å². The Morgan fingerprint density at radius 2 is 0.683 bits per heavy atom. The Morgan fingerprint density at radius 1 is 0.488 bits per heavy atom. The molecule has 4 aliphatic heterocycles. The van der Waals surface area contributed by atoms with Gasteiger partial charge in [-0.25, -0.2) is 0 Å². The lowest BCUT2D eigenvalue weighted by molar-refractivity contribution is -0.132. The van der Waals surface area contributed by atoms with Crippen LogP contribution in [0.25, 0.3) is 0 Å². The van der Waals surface area contributed by atoms with E-state index in [-0.39, 0.29) is 52.9 Å². The summed E-state index contributed by atoms with van der Waals surface area (Å²) in [5, 5.41) is 41.9. The van der Waals surface area contributed by atoms with Gasteiger partial charge < -0.3 is 39.4 Å². The molecule has 41 heavy (non-hydrogen) atoms. The van der Waals surface area contributed by atoms with Crippen molar-refractivity contribution in [2.24, 2.45) is 5.41 Å². The third-order valence-electron chi connectivity index (χ3n) is 8.61. The first kappa shape index (κ1) is 33.4. The minimum Gasteiger partial charge on any atom is -0.389 e. The molecule has 0 bridgehead atoms. The molecule has 0 aromatic heterocycles. The van der Waals surface area contributed by atoms with Gasteiger partial charge in [0.2, 0.25) is 0 Å². The Bertz CT molecular complexity index is 658. The van der Waals surface area contributed by atoms with Crippen LogP contribution in [0.1, 0.15) is 27.7 Å². The number of nitrogens with zero attached hydrogens (tertiary/aromatic N) is 4. The first-order chi connectivity index (χ1) is 19.5. The molecule has 240 valence electrons. The molecular formula is C29H56N4O8. The zero-order chi connectivity index (χ0) is 29.6. The van der Waals surface area contributed by atoms with Gasteiger partial charge in [0.15, 0.2) is 0 Å². The van der Waals surface area contributed by atoms with Crippen molar-refractivity contribution in [2.45, 2.75) is 76.3 Å². The molecule has 0 saturated carbocycles. The third-order valence-corrected chi connectivity index (χ3v) is 8.61. The number of aliphatic hydroxyl groups is 4. The monoisotopic (exact) mass is 588 g/mol. The van der Waals surface area contributed by atoms with Crippen molar-refractivity contribution in [2.75, 3.05) is 105 Å². The van der Waals surface area contributed by atoms with E-state index in [9.17, 15) is 20.4 Å². The van der Waals surface area contributed by atoms with Crippen LogP contribution in [0.2, 0.25) is 0 Å². The van der Waals surface area contributed by atoms with Gasteiger partial charge in [-0.2, -0.15) is 0 Å². The highest BCUT2D eigenvalue weighted by Crippen LogP contribution is 2.24. The lowest BCUT2D eigenvalue weighted by Crippen LogP contribution is -2.44. The van der Waals surface area contributed by atoms with Gasteiger partial charge in [0, 0.05) is 76.5 Å². The van der Waals surface area contributed by atoms with Crippen LogP contribution < -0.4 is 0 Å². The largest absolute Gasteiger partial charge is 0.389 e. The van der Waals surface area contributed by atoms with Gasteiger partial charge in [-0.05, 0) is 27.7 Å². The van der Waals surface area contributed by atoms with Gasteiger partial charge in [-0.15, -0.1) is 0 Å². The van der Waals surface area contributed by atoms with Crippen molar-refractivity contribution >= 4 is 0 Å². The van der Waals surface area contributed by atoms with Gasteiger partial charge in [-0.3, -0.25) is 19.6 Å². The molecule has 12 nitrogen and oxygen atoms in total. The van der Waals surface area contributed by atoms with E-state index < -0.39 is 29.8 Å². The first-order valence-electron chi connectivity index (χ1n) is 15.5. The maximum Gasteiger partial charge on any atom is 0.0900 e. The minimum absolute atomic E-state index is 0.172. The van der Waals surface area contributed by atoms with Crippen LogP contribution in [0.15, 0.2) is 0 Å². The summed E-state index contributed by atoms with van der Waals surface area (Å²) in [6, 6.07) is 2.01. The molecule has 4 fully saturated rings. The predicted octanol–water partition coefficient (Wildman–Crippen LogP) is -1.70. The Morgan fingerprint density at radius 3 is 0.854 bits per heavy atom. The topological polar surface area (TPSA) is 130 Å². The minimum atomic E-state index is -0.750. The van der Waals surface area contributed by atoms with E-state index in [1.807, 2.05) is 0 Å².